The van der Waals surface area contributed by atoms with Gasteiger partial charge in [-0.05, 0) is 50.3 Å². The summed E-state index contributed by atoms with van der Waals surface area (Å²) in [5, 5.41) is 13.4. The number of carbonyl (C=O) groups excluding carboxylic acids is 2. The Balaban J connectivity index is 1.80. The first-order chi connectivity index (χ1) is 11.9. The van der Waals surface area contributed by atoms with Crippen molar-refractivity contribution in [2.45, 2.75) is 45.8 Å². The largest absolute Gasteiger partial charge is 0.388 e. The van der Waals surface area contributed by atoms with Crippen LogP contribution in [-0.4, -0.2) is 47.4 Å². The van der Waals surface area contributed by atoms with Crippen molar-refractivity contribution in [3.8, 4) is 0 Å². The lowest BCUT2D eigenvalue weighted by Crippen LogP contribution is -2.48. The van der Waals surface area contributed by atoms with Crippen LogP contribution in [-0.2, 0) is 9.59 Å². The fourth-order valence-corrected chi connectivity index (χ4v) is 3.51. The fourth-order valence-electron chi connectivity index (χ4n) is 3.51. The molecule has 1 heterocycles. The third-order valence-electron chi connectivity index (χ3n) is 5.01. The van der Waals surface area contributed by atoms with E-state index in [1.54, 1.807) is 0 Å². The highest BCUT2D eigenvalue weighted by atomic mass is 16.3. The van der Waals surface area contributed by atoms with Gasteiger partial charge in [0.25, 0.3) is 0 Å². The van der Waals surface area contributed by atoms with Gasteiger partial charge < -0.3 is 10.4 Å². The van der Waals surface area contributed by atoms with Crippen molar-refractivity contribution in [3.05, 3.63) is 35.9 Å². The lowest BCUT2D eigenvalue weighted by molar-refractivity contribution is -0.128. The lowest BCUT2D eigenvalue weighted by atomic mass is 9.87. The van der Waals surface area contributed by atoms with Gasteiger partial charge >= 0.3 is 0 Å². The number of aliphatic hydroxyl groups is 1. The number of aliphatic hydroxyl groups excluding tert-OH is 1. The van der Waals surface area contributed by atoms with E-state index in [9.17, 15) is 14.7 Å². The molecule has 1 aliphatic rings. The van der Waals surface area contributed by atoms with Crippen LogP contribution < -0.4 is 5.32 Å². The number of nitrogens with zero attached hydrogens (tertiary/aromatic N) is 1. The lowest BCUT2D eigenvalue weighted by Gasteiger charge is -2.34. The molecule has 1 saturated heterocycles. The molecule has 2 unspecified atom stereocenters. The molecule has 0 aromatic heterocycles. The summed E-state index contributed by atoms with van der Waals surface area (Å²) in [6.07, 6.45) is 1.29. The number of carbonyl (C=O) groups is 2. The number of hydrogen-bond donors (Lipinski definition) is 2. The Labute approximate surface area is 150 Å². The Bertz CT molecular complexity index is 566. The number of amides is 1. The van der Waals surface area contributed by atoms with Crippen LogP contribution in [0.1, 0.15) is 45.3 Å². The van der Waals surface area contributed by atoms with Crippen LogP contribution in [0.5, 0.6) is 0 Å². The second kappa shape index (κ2) is 9.11. The van der Waals surface area contributed by atoms with Gasteiger partial charge in [-0.3, -0.25) is 14.5 Å². The molecule has 2 N–H and O–H groups in total. The van der Waals surface area contributed by atoms with Gasteiger partial charge in [0.2, 0.25) is 5.91 Å². The molecule has 0 saturated carbocycles. The Morgan fingerprint density at radius 2 is 1.80 bits per heavy atom. The molecule has 1 aromatic rings. The van der Waals surface area contributed by atoms with Gasteiger partial charge in [-0.15, -0.1) is 0 Å². The van der Waals surface area contributed by atoms with E-state index >= 15 is 0 Å². The predicted molar refractivity (Wildman–Crippen MR) is 98.0 cm³/mol. The molecule has 138 valence electrons. The molecule has 5 heteroatoms. The summed E-state index contributed by atoms with van der Waals surface area (Å²) in [5.41, 5.74) is 0.958. The van der Waals surface area contributed by atoms with Gasteiger partial charge in [-0.2, -0.15) is 0 Å². The molecule has 2 rings (SSSR count). The van der Waals surface area contributed by atoms with Crippen LogP contribution >= 0.6 is 0 Å². The van der Waals surface area contributed by atoms with Gasteiger partial charge in [0.05, 0.1) is 18.7 Å². The van der Waals surface area contributed by atoms with E-state index < -0.39 is 12.1 Å². The molecule has 0 radical (unpaired) electrons. The summed E-state index contributed by atoms with van der Waals surface area (Å²) < 4.78 is 0. The monoisotopic (exact) mass is 346 g/mol. The summed E-state index contributed by atoms with van der Waals surface area (Å²) in [7, 11) is 0. The van der Waals surface area contributed by atoms with Crippen molar-refractivity contribution in [3.63, 3.8) is 0 Å². The average molecular weight is 346 g/mol. The second-order valence-corrected chi connectivity index (χ2v) is 7.37. The average Bonchev–Trinajstić information content (AvgIpc) is 2.60. The van der Waals surface area contributed by atoms with E-state index in [4.69, 9.17) is 0 Å². The molecular weight excluding hydrogens is 316 g/mol. The number of likely N-dealkylation sites (tertiary alicyclic amines) is 1. The minimum atomic E-state index is -0.444. The Hall–Kier alpha value is -1.72. The first kappa shape index (κ1) is 19.6. The highest BCUT2D eigenvalue weighted by Gasteiger charge is 2.28. The van der Waals surface area contributed by atoms with Gasteiger partial charge in [-0.1, -0.05) is 44.2 Å². The molecule has 0 aliphatic carbocycles. The maximum absolute atomic E-state index is 12.2. The third-order valence-corrected chi connectivity index (χ3v) is 5.01. The molecule has 0 bridgehead atoms. The van der Waals surface area contributed by atoms with Crippen molar-refractivity contribution in [1.29, 1.82) is 0 Å². The number of rotatable bonds is 7. The number of hydrogen-bond acceptors (Lipinski definition) is 4. The zero-order valence-corrected chi connectivity index (χ0v) is 15.4. The standard InChI is InChI=1S/C20H30N2O3/c1-14(2)19(15(3)23)21-18(24)13-22-11-9-17(10-12-22)20(25)16-7-5-4-6-8-16/h4-8,14,17,19-20,25H,9-13H2,1-3H3,(H,21,24). The van der Waals surface area contributed by atoms with Crippen molar-refractivity contribution >= 4 is 11.7 Å². The third kappa shape index (κ3) is 5.65. The Morgan fingerprint density at radius 1 is 1.20 bits per heavy atom. The zero-order valence-electron chi connectivity index (χ0n) is 15.4. The highest BCUT2D eigenvalue weighted by molar-refractivity contribution is 5.88. The highest BCUT2D eigenvalue weighted by Crippen LogP contribution is 2.30. The molecule has 25 heavy (non-hydrogen) atoms. The van der Waals surface area contributed by atoms with Gasteiger partial charge in [0.15, 0.2) is 5.78 Å². The van der Waals surface area contributed by atoms with Crippen LogP contribution in [0.3, 0.4) is 0 Å². The van der Waals surface area contributed by atoms with Crippen LogP contribution in [0.4, 0.5) is 0 Å². The summed E-state index contributed by atoms with van der Waals surface area (Å²) in [6.45, 7) is 7.26. The van der Waals surface area contributed by atoms with Crippen molar-refractivity contribution < 1.29 is 14.7 Å². The second-order valence-electron chi connectivity index (χ2n) is 7.37. The van der Waals surface area contributed by atoms with Crippen LogP contribution in [0, 0.1) is 11.8 Å². The maximum Gasteiger partial charge on any atom is 0.234 e. The molecule has 0 spiro atoms. The maximum atomic E-state index is 12.2. The number of piperidine rings is 1. The number of ketones is 1. The molecule has 1 aromatic carbocycles. The van der Waals surface area contributed by atoms with E-state index in [1.807, 2.05) is 44.2 Å². The van der Waals surface area contributed by atoms with E-state index in [0.717, 1.165) is 31.5 Å². The van der Waals surface area contributed by atoms with Gasteiger partial charge in [0.1, 0.15) is 0 Å². The van der Waals surface area contributed by atoms with E-state index in [0.29, 0.717) is 6.54 Å². The Morgan fingerprint density at radius 3 is 2.32 bits per heavy atom. The SMILES string of the molecule is CC(=O)C(NC(=O)CN1CCC(C(O)c2ccccc2)CC1)C(C)C. The van der Waals surface area contributed by atoms with E-state index in [-0.39, 0.29) is 23.5 Å². The van der Waals surface area contributed by atoms with Gasteiger partial charge in [-0.25, -0.2) is 0 Å². The Kier molecular flexibility index (Phi) is 7.14. The molecule has 2 atom stereocenters. The zero-order chi connectivity index (χ0) is 18.4. The quantitative estimate of drug-likeness (QED) is 0.794. The van der Waals surface area contributed by atoms with Gasteiger partial charge in [0, 0.05) is 0 Å². The molecule has 1 fully saturated rings. The minimum Gasteiger partial charge on any atom is -0.388 e. The molecule has 1 amide bonds. The number of nitrogens with one attached hydrogen (secondary N) is 1. The minimum absolute atomic E-state index is 0.00644. The molecular formula is C20H30N2O3. The van der Waals surface area contributed by atoms with Crippen LogP contribution in [0.25, 0.3) is 0 Å². The van der Waals surface area contributed by atoms with Crippen molar-refractivity contribution in [2.24, 2.45) is 11.8 Å². The number of Topliss-reactive ketones (excluding diaryl/α,β-unsaturated/α-hetero) is 1. The van der Waals surface area contributed by atoms with Crippen LogP contribution in [0.15, 0.2) is 30.3 Å². The smallest absolute Gasteiger partial charge is 0.234 e. The molecule has 5 nitrogen and oxygen atoms in total. The van der Waals surface area contributed by atoms with Crippen LogP contribution in [0.2, 0.25) is 0 Å². The normalized spacial score (nSPS) is 18.8. The number of benzene rings is 1. The summed E-state index contributed by atoms with van der Waals surface area (Å²) in [5.74, 6) is 0.208. The topological polar surface area (TPSA) is 69.6 Å². The first-order valence-corrected chi connectivity index (χ1v) is 9.13. The van der Waals surface area contributed by atoms with E-state index in [2.05, 4.69) is 10.2 Å². The van der Waals surface area contributed by atoms with E-state index in [1.165, 1.54) is 6.92 Å². The van der Waals surface area contributed by atoms with Crippen molar-refractivity contribution in [1.82, 2.24) is 10.2 Å². The fraction of sp³-hybridized carbons (Fsp3) is 0.600. The molecule has 1 aliphatic heterocycles. The first-order valence-electron chi connectivity index (χ1n) is 9.13. The summed E-state index contributed by atoms with van der Waals surface area (Å²) in [6, 6.07) is 9.33. The summed E-state index contributed by atoms with van der Waals surface area (Å²) in [4.78, 5) is 25.9. The van der Waals surface area contributed by atoms with Crippen molar-refractivity contribution in [2.75, 3.05) is 19.6 Å². The predicted octanol–water partition coefficient (Wildman–Crippen LogP) is 2.16. The summed E-state index contributed by atoms with van der Waals surface area (Å²) >= 11 is 0.